The summed E-state index contributed by atoms with van der Waals surface area (Å²) in [6.07, 6.45) is 0.964. The van der Waals surface area contributed by atoms with Gasteiger partial charge in [-0.1, -0.05) is 6.07 Å². The van der Waals surface area contributed by atoms with Crippen molar-refractivity contribution in [3.05, 3.63) is 64.1 Å². The lowest BCUT2D eigenvalue weighted by molar-refractivity contribution is -0.117. The number of rotatable bonds is 5. The van der Waals surface area contributed by atoms with E-state index in [1.54, 1.807) is 18.2 Å². The molecule has 0 unspecified atom stereocenters. The van der Waals surface area contributed by atoms with Crippen LogP contribution in [0.15, 0.2) is 46.9 Å². The summed E-state index contributed by atoms with van der Waals surface area (Å²) in [6, 6.07) is 10.9. The first kappa shape index (κ1) is 19.9. The predicted molar refractivity (Wildman–Crippen MR) is 105 cm³/mol. The number of nitrogens with zero attached hydrogens (tertiary/aromatic N) is 2. The van der Waals surface area contributed by atoms with Crippen molar-refractivity contribution >= 4 is 27.5 Å². The third-order valence-electron chi connectivity index (χ3n) is 4.57. The molecule has 2 aromatic carbocycles. The van der Waals surface area contributed by atoms with Gasteiger partial charge in [0.1, 0.15) is 11.6 Å². The summed E-state index contributed by atoms with van der Waals surface area (Å²) in [6.45, 7) is 4.49. The molecule has 0 bridgehead atoms. The number of nitrogens with one attached hydrogen (secondary N) is 1. The van der Waals surface area contributed by atoms with Crippen molar-refractivity contribution in [2.75, 3.05) is 38.0 Å². The van der Waals surface area contributed by atoms with Gasteiger partial charge in [-0.3, -0.25) is 14.6 Å². The maximum Gasteiger partial charge on any atom is 0.238 e. The lowest BCUT2D eigenvalue weighted by Crippen LogP contribution is -2.36. The lowest BCUT2D eigenvalue weighted by atomic mass is 10.2. The fourth-order valence-corrected chi connectivity index (χ4v) is 3.60. The molecule has 0 aliphatic carbocycles. The van der Waals surface area contributed by atoms with Crippen LogP contribution in [0.2, 0.25) is 0 Å². The number of carbonyl (C=O) groups excluding carboxylic acids is 1. The molecule has 1 saturated heterocycles. The van der Waals surface area contributed by atoms with Gasteiger partial charge in [-0.15, -0.1) is 0 Å². The predicted octanol–water partition coefficient (Wildman–Crippen LogP) is 3.87. The molecule has 1 aliphatic heterocycles. The van der Waals surface area contributed by atoms with E-state index in [2.05, 4.69) is 31.0 Å². The van der Waals surface area contributed by atoms with Gasteiger partial charge in [0.05, 0.1) is 11.0 Å². The molecule has 0 saturated carbocycles. The van der Waals surface area contributed by atoms with Crippen LogP contribution in [-0.2, 0) is 11.3 Å². The van der Waals surface area contributed by atoms with Crippen LogP contribution in [0.5, 0.6) is 0 Å². The molecule has 7 heteroatoms. The highest BCUT2D eigenvalue weighted by atomic mass is 79.9. The van der Waals surface area contributed by atoms with Crippen molar-refractivity contribution in [3.8, 4) is 0 Å². The quantitative estimate of drug-likeness (QED) is 0.770. The molecule has 27 heavy (non-hydrogen) atoms. The van der Waals surface area contributed by atoms with Gasteiger partial charge in [-0.2, -0.15) is 0 Å². The first-order valence-corrected chi connectivity index (χ1v) is 9.73. The van der Waals surface area contributed by atoms with Gasteiger partial charge < -0.3 is 5.32 Å². The molecular formula is C20H22BrF2N3O. The minimum absolute atomic E-state index is 0.0995. The summed E-state index contributed by atoms with van der Waals surface area (Å²) < 4.78 is 26.8. The standard InChI is InChI=1S/C20H22BrF2N3O/c21-18-12-15(2-7-19(18)23)13-25-8-1-9-26(11-10-25)14-20(27)24-17-5-3-16(22)4-6-17/h2-7,12H,1,8-11,13-14H2,(H,24,27). The summed E-state index contributed by atoms with van der Waals surface area (Å²) in [7, 11) is 0. The Kier molecular flexibility index (Phi) is 6.93. The van der Waals surface area contributed by atoms with Crippen LogP contribution in [0.3, 0.4) is 0 Å². The Bertz CT molecular complexity index is 785. The van der Waals surface area contributed by atoms with E-state index >= 15 is 0 Å². The highest BCUT2D eigenvalue weighted by Crippen LogP contribution is 2.18. The van der Waals surface area contributed by atoms with Gasteiger partial charge in [-0.05, 0) is 77.4 Å². The monoisotopic (exact) mass is 437 g/mol. The molecule has 2 aromatic rings. The van der Waals surface area contributed by atoms with E-state index in [9.17, 15) is 13.6 Å². The molecule has 3 rings (SSSR count). The zero-order chi connectivity index (χ0) is 19.2. The molecule has 0 aromatic heterocycles. The molecule has 0 radical (unpaired) electrons. The summed E-state index contributed by atoms with van der Waals surface area (Å²) in [5, 5.41) is 2.80. The topological polar surface area (TPSA) is 35.6 Å². The lowest BCUT2D eigenvalue weighted by Gasteiger charge is -2.21. The minimum atomic E-state index is -0.325. The molecule has 1 fully saturated rings. The van der Waals surface area contributed by atoms with Crippen molar-refractivity contribution in [3.63, 3.8) is 0 Å². The Morgan fingerprint density at radius 1 is 1.00 bits per heavy atom. The number of benzene rings is 2. The number of anilines is 1. The third kappa shape index (κ3) is 6.09. The number of hydrogen-bond donors (Lipinski definition) is 1. The Morgan fingerprint density at radius 3 is 2.44 bits per heavy atom. The Balaban J connectivity index is 1.48. The van der Waals surface area contributed by atoms with Gasteiger partial charge >= 0.3 is 0 Å². The van der Waals surface area contributed by atoms with E-state index in [1.165, 1.54) is 18.2 Å². The van der Waals surface area contributed by atoms with Gasteiger partial charge in [0.25, 0.3) is 0 Å². The fourth-order valence-electron chi connectivity index (χ4n) is 3.17. The highest BCUT2D eigenvalue weighted by Gasteiger charge is 2.17. The van der Waals surface area contributed by atoms with E-state index in [4.69, 9.17) is 0 Å². The summed E-state index contributed by atoms with van der Waals surface area (Å²) in [4.78, 5) is 16.7. The van der Waals surface area contributed by atoms with Gasteiger partial charge in [0, 0.05) is 25.3 Å². The van der Waals surface area contributed by atoms with Crippen molar-refractivity contribution < 1.29 is 13.6 Å². The van der Waals surface area contributed by atoms with Crippen LogP contribution in [-0.4, -0.2) is 48.4 Å². The number of hydrogen-bond acceptors (Lipinski definition) is 3. The zero-order valence-corrected chi connectivity index (χ0v) is 16.5. The average Bonchev–Trinajstić information content (AvgIpc) is 2.85. The van der Waals surface area contributed by atoms with Crippen LogP contribution >= 0.6 is 15.9 Å². The maximum absolute atomic E-state index is 13.4. The normalized spacial score (nSPS) is 16.1. The maximum atomic E-state index is 13.4. The van der Waals surface area contributed by atoms with Crippen LogP contribution in [0.25, 0.3) is 0 Å². The van der Waals surface area contributed by atoms with E-state index in [0.29, 0.717) is 16.7 Å². The van der Waals surface area contributed by atoms with Gasteiger partial charge in [0.15, 0.2) is 0 Å². The van der Waals surface area contributed by atoms with E-state index in [0.717, 1.165) is 44.7 Å². The number of carbonyl (C=O) groups is 1. The second kappa shape index (κ2) is 9.39. The SMILES string of the molecule is O=C(CN1CCCN(Cc2ccc(F)c(Br)c2)CC1)Nc1ccc(F)cc1. The van der Waals surface area contributed by atoms with Gasteiger partial charge in [-0.25, -0.2) is 8.78 Å². The van der Waals surface area contributed by atoms with E-state index < -0.39 is 0 Å². The van der Waals surface area contributed by atoms with Crippen LogP contribution in [0.1, 0.15) is 12.0 Å². The number of halogens is 3. The van der Waals surface area contributed by atoms with Crippen molar-refractivity contribution in [1.29, 1.82) is 0 Å². The number of amides is 1. The summed E-state index contributed by atoms with van der Waals surface area (Å²) in [5.41, 5.74) is 1.66. The van der Waals surface area contributed by atoms with Crippen molar-refractivity contribution in [2.45, 2.75) is 13.0 Å². The first-order chi connectivity index (χ1) is 13.0. The second-order valence-corrected chi connectivity index (χ2v) is 7.56. The van der Waals surface area contributed by atoms with E-state index in [-0.39, 0.29) is 17.5 Å². The van der Waals surface area contributed by atoms with Crippen molar-refractivity contribution in [2.24, 2.45) is 0 Å². The fraction of sp³-hybridized carbons (Fsp3) is 0.350. The molecule has 0 spiro atoms. The molecular weight excluding hydrogens is 416 g/mol. The molecule has 1 N–H and O–H groups in total. The van der Waals surface area contributed by atoms with Crippen LogP contribution in [0, 0.1) is 11.6 Å². The molecule has 0 atom stereocenters. The molecule has 1 aliphatic rings. The molecule has 1 heterocycles. The Labute approximate surface area is 166 Å². The van der Waals surface area contributed by atoms with Crippen LogP contribution in [0.4, 0.5) is 14.5 Å². The molecule has 4 nitrogen and oxygen atoms in total. The van der Waals surface area contributed by atoms with E-state index in [1.807, 2.05) is 6.07 Å². The Morgan fingerprint density at radius 2 is 1.70 bits per heavy atom. The Hall–Kier alpha value is -1.83. The minimum Gasteiger partial charge on any atom is -0.325 e. The summed E-state index contributed by atoms with van der Waals surface area (Å²) >= 11 is 3.23. The average molecular weight is 438 g/mol. The first-order valence-electron chi connectivity index (χ1n) is 8.93. The third-order valence-corrected chi connectivity index (χ3v) is 5.17. The second-order valence-electron chi connectivity index (χ2n) is 6.71. The highest BCUT2D eigenvalue weighted by molar-refractivity contribution is 9.10. The van der Waals surface area contributed by atoms with Crippen molar-refractivity contribution in [1.82, 2.24) is 9.80 Å². The zero-order valence-electron chi connectivity index (χ0n) is 14.9. The van der Waals surface area contributed by atoms with Crippen LogP contribution < -0.4 is 5.32 Å². The largest absolute Gasteiger partial charge is 0.325 e. The smallest absolute Gasteiger partial charge is 0.238 e. The van der Waals surface area contributed by atoms with Gasteiger partial charge in [0.2, 0.25) is 5.91 Å². The summed E-state index contributed by atoms with van der Waals surface area (Å²) in [5.74, 6) is -0.681. The molecule has 144 valence electrons. The molecule has 1 amide bonds.